The fraction of sp³-hybridized carbons (Fsp3) is 0.133. The maximum absolute atomic E-state index is 12.1. The van der Waals surface area contributed by atoms with Crippen molar-refractivity contribution in [3.05, 3.63) is 51.7 Å². The molecule has 0 bridgehead atoms. The van der Waals surface area contributed by atoms with Gasteiger partial charge in [0.05, 0.1) is 0 Å². The Balaban J connectivity index is 2.19. The lowest BCUT2D eigenvalue weighted by Crippen LogP contribution is -2.11. The number of carbonyl (C=O) groups is 1. The molecule has 2 N–H and O–H groups in total. The van der Waals surface area contributed by atoms with Crippen molar-refractivity contribution in [3.8, 4) is 11.8 Å². The molecule has 1 aromatic heterocycles. The van der Waals surface area contributed by atoms with Gasteiger partial charge in [0, 0.05) is 11.3 Å². The Hall–Kier alpha value is -2.09. The molecule has 0 atom stereocenters. The average Bonchev–Trinajstić information content (AvgIpc) is 2.84. The van der Waals surface area contributed by atoms with Crippen molar-refractivity contribution in [3.63, 3.8) is 0 Å². The summed E-state index contributed by atoms with van der Waals surface area (Å²) in [6.07, 6.45) is 0. The summed E-state index contributed by atoms with van der Waals surface area (Å²) in [4.78, 5) is 12.7. The third kappa shape index (κ3) is 3.44. The van der Waals surface area contributed by atoms with E-state index >= 15 is 0 Å². The molecule has 0 fully saturated rings. The van der Waals surface area contributed by atoms with Gasteiger partial charge in [-0.3, -0.25) is 4.79 Å². The van der Waals surface area contributed by atoms with E-state index in [0.717, 1.165) is 11.3 Å². The van der Waals surface area contributed by atoms with Gasteiger partial charge in [0.25, 0.3) is 5.91 Å². The first-order valence-electron chi connectivity index (χ1n) is 5.76. The van der Waals surface area contributed by atoms with Gasteiger partial charge in [-0.15, -0.1) is 11.3 Å². The predicted molar refractivity (Wildman–Crippen MR) is 77.4 cm³/mol. The molecule has 0 saturated carbocycles. The number of carbonyl (C=O) groups excluding carboxylic acids is 1. The summed E-state index contributed by atoms with van der Waals surface area (Å²) in [6, 6.07) is 9.39. The van der Waals surface area contributed by atoms with Gasteiger partial charge in [0.2, 0.25) is 0 Å². The molecule has 0 aliphatic heterocycles. The summed E-state index contributed by atoms with van der Waals surface area (Å²) in [5, 5.41) is 13.3. The minimum absolute atomic E-state index is 0.178. The van der Waals surface area contributed by atoms with E-state index in [1.54, 1.807) is 6.07 Å². The minimum Gasteiger partial charge on any atom is -0.384 e. The lowest BCUT2D eigenvalue weighted by molar-refractivity contribution is 0.103. The number of hydrogen-bond acceptors (Lipinski definition) is 3. The highest BCUT2D eigenvalue weighted by molar-refractivity contribution is 7.12. The average molecular weight is 271 g/mol. The highest BCUT2D eigenvalue weighted by Gasteiger charge is 2.12. The second-order valence-corrected chi connectivity index (χ2v) is 4.86. The van der Waals surface area contributed by atoms with E-state index in [1.807, 2.05) is 36.6 Å². The topological polar surface area (TPSA) is 49.3 Å². The van der Waals surface area contributed by atoms with E-state index in [4.69, 9.17) is 5.11 Å². The van der Waals surface area contributed by atoms with Gasteiger partial charge in [0.1, 0.15) is 11.5 Å². The molecule has 2 aromatic rings. The molecule has 0 unspecified atom stereocenters. The molecule has 0 aliphatic rings. The number of aliphatic hydroxyl groups is 1. The van der Waals surface area contributed by atoms with Crippen molar-refractivity contribution >= 4 is 22.9 Å². The summed E-state index contributed by atoms with van der Waals surface area (Å²) in [7, 11) is 0. The van der Waals surface area contributed by atoms with Crippen molar-refractivity contribution in [2.75, 3.05) is 11.9 Å². The van der Waals surface area contributed by atoms with Gasteiger partial charge >= 0.3 is 0 Å². The van der Waals surface area contributed by atoms with E-state index in [2.05, 4.69) is 17.2 Å². The quantitative estimate of drug-likeness (QED) is 0.825. The lowest BCUT2D eigenvalue weighted by Gasteiger charge is -2.04. The summed E-state index contributed by atoms with van der Waals surface area (Å²) < 4.78 is 0. The second-order valence-electron chi connectivity index (χ2n) is 3.95. The van der Waals surface area contributed by atoms with Crippen molar-refractivity contribution < 1.29 is 9.90 Å². The van der Waals surface area contributed by atoms with Crippen LogP contribution in [0.4, 0.5) is 5.69 Å². The van der Waals surface area contributed by atoms with Crippen LogP contribution in [0.25, 0.3) is 0 Å². The monoisotopic (exact) mass is 271 g/mol. The number of aliphatic hydroxyl groups excluding tert-OH is 1. The molecule has 0 saturated heterocycles. The van der Waals surface area contributed by atoms with Gasteiger partial charge < -0.3 is 10.4 Å². The lowest BCUT2D eigenvalue weighted by atomic mass is 10.2. The molecule has 4 heteroatoms. The van der Waals surface area contributed by atoms with E-state index < -0.39 is 0 Å². The first-order valence-corrected chi connectivity index (χ1v) is 6.64. The zero-order valence-corrected chi connectivity index (χ0v) is 11.3. The van der Waals surface area contributed by atoms with Crippen LogP contribution >= 0.6 is 11.3 Å². The molecule has 0 spiro atoms. The smallest absolute Gasteiger partial charge is 0.267 e. The molecule has 1 heterocycles. The van der Waals surface area contributed by atoms with Gasteiger partial charge in [-0.1, -0.05) is 24.0 Å². The predicted octanol–water partition coefficient (Wildman–Crippen LogP) is 2.65. The standard InChI is InChI=1S/C15H13NO2S/c1-11-4-2-6-13(10-11)16-15(18)14-12(5-3-8-17)7-9-19-14/h2,4,6-7,9-10,17H,8H2,1H3,(H,16,18). The van der Waals surface area contributed by atoms with Gasteiger partial charge in [-0.25, -0.2) is 0 Å². The van der Waals surface area contributed by atoms with Crippen LogP contribution in [0.1, 0.15) is 20.8 Å². The number of hydrogen-bond donors (Lipinski definition) is 2. The maximum atomic E-state index is 12.1. The zero-order valence-electron chi connectivity index (χ0n) is 10.4. The Kier molecular flexibility index (Phi) is 4.35. The number of amides is 1. The molecule has 0 aliphatic carbocycles. The Bertz CT molecular complexity index is 649. The Morgan fingerprint density at radius 1 is 1.42 bits per heavy atom. The summed E-state index contributed by atoms with van der Waals surface area (Å²) in [5.74, 6) is 5.14. The Labute approximate surface area is 115 Å². The van der Waals surface area contributed by atoms with Crippen LogP contribution < -0.4 is 5.32 Å². The normalized spacial score (nSPS) is 9.58. The third-order valence-corrected chi connectivity index (χ3v) is 3.36. The number of anilines is 1. The van der Waals surface area contributed by atoms with E-state index in [9.17, 15) is 4.79 Å². The Morgan fingerprint density at radius 3 is 3.00 bits per heavy atom. The summed E-state index contributed by atoms with van der Waals surface area (Å²) >= 11 is 1.34. The summed E-state index contributed by atoms with van der Waals surface area (Å²) in [5.41, 5.74) is 2.49. The zero-order chi connectivity index (χ0) is 13.7. The molecule has 96 valence electrons. The highest BCUT2D eigenvalue weighted by Crippen LogP contribution is 2.18. The fourth-order valence-electron chi connectivity index (χ4n) is 1.63. The number of rotatable bonds is 2. The van der Waals surface area contributed by atoms with Gasteiger partial charge in [-0.05, 0) is 36.1 Å². The van der Waals surface area contributed by atoms with E-state index in [-0.39, 0.29) is 12.5 Å². The first-order chi connectivity index (χ1) is 9.20. The number of benzene rings is 1. The molecule has 1 aromatic carbocycles. The van der Waals surface area contributed by atoms with Crippen LogP contribution in [0.2, 0.25) is 0 Å². The number of nitrogens with one attached hydrogen (secondary N) is 1. The highest BCUT2D eigenvalue weighted by atomic mass is 32.1. The third-order valence-electron chi connectivity index (χ3n) is 2.45. The van der Waals surface area contributed by atoms with Crippen LogP contribution in [0.3, 0.4) is 0 Å². The van der Waals surface area contributed by atoms with Crippen LogP contribution in [0.15, 0.2) is 35.7 Å². The minimum atomic E-state index is -0.214. The number of aryl methyl sites for hydroxylation is 1. The fourth-order valence-corrected chi connectivity index (χ4v) is 2.37. The molecule has 2 rings (SSSR count). The van der Waals surface area contributed by atoms with Crippen molar-refractivity contribution in [1.29, 1.82) is 0 Å². The first kappa shape index (κ1) is 13.3. The van der Waals surface area contributed by atoms with Gasteiger partial charge in [-0.2, -0.15) is 0 Å². The summed E-state index contributed by atoms with van der Waals surface area (Å²) in [6.45, 7) is 1.76. The Morgan fingerprint density at radius 2 is 2.26 bits per heavy atom. The molecular weight excluding hydrogens is 258 g/mol. The van der Waals surface area contributed by atoms with Crippen molar-refractivity contribution in [1.82, 2.24) is 0 Å². The SMILES string of the molecule is Cc1cccc(NC(=O)c2sccc2C#CCO)c1. The molecule has 3 nitrogen and oxygen atoms in total. The van der Waals surface area contributed by atoms with Crippen LogP contribution in [0, 0.1) is 18.8 Å². The largest absolute Gasteiger partial charge is 0.384 e. The second kappa shape index (κ2) is 6.19. The maximum Gasteiger partial charge on any atom is 0.267 e. The number of thiophene rings is 1. The molecule has 19 heavy (non-hydrogen) atoms. The van der Waals surface area contributed by atoms with Crippen LogP contribution in [-0.4, -0.2) is 17.6 Å². The van der Waals surface area contributed by atoms with Crippen molar-refractivity contribution in [2.45, 2.75) is 6.92 Å². The van der Waals surface area contributed by atoms with E-state index in [0.29, 0.717) is 10.4 Å². The van der Waals surface area contributed by atoms with E-state index in [1.165, 1.54) is 11.3 Å². The molecular formula is C15H13NO2S. The van der Waals surface area contributed by atoms with Crippen LogP contribution in [0.5, 0.6) is 0 Å². The molecule has 1 amide bonds. The van der Waals surface area contributed by atoms with Crippen LogP contribution in [-0.2, 0) is 0 Å². The van der Waals surface area contributed by atoms with Crippen molar-refractivity contribution in [2.24, 2.45) is 0 Å². The molecule has 0 radical (unpaired) electrons. The van der Waals surface area contributed by atoms with Gasteiger partial charge in [0.15, 0.2) is 0 Å².